The van der Waals surface area contributed by atoms with Crippen LogP contribution in [0.5, 0.6) is 0 Å². The Bertz CT molecular complexity index is 528. The van der Waals surface area contributed by atoms with Gasteiger partial charge in [-0.25, -0.2) is 9.37 Å². The number of para-hydroxylation sites is 1. The Balaban J connectivity index is 0.00000144. The predicted molar refractivity (Wildman–Crippen MR) is 62.1 cm³/mol. The molecule has 0 amide bonds. The summed E-state index contributed by atoms with van der Waals surface area (Å²) in [6.07, 6.45) is 2.75. The third-order valence-electron chi connectivity index (χ3n) is 2.14. The number of carboxylic acids is 1. The summed E-state index contributed by atoms with van der Waals surface area (Å²) in [5, 5.41) is 8.68. The van der Waals surface area contributed by atoms with Crippen LogP contribution in [0.2, 0.25) is 0 Å². The van der Waals surface area contributed by atoms with Crippen molar-refractivity contribution in [3.8, 4) is 5.69 Å². The molecule has 1 aromatic carbocycles. The van der Waals surface area contributed by atoms with Gasteiger partial charge in [0.25, 0.3) is 0 Å². The van der Waals surface area contributed by atoms with Gasteiger partial charge in [-0.15, -0.1) is 12.4 Å². The van der Waals surface area contributed by atoms with E-state index in [4.69, 9.17) is 5.11 Å². The highest BCUT2D eigenvalue weighted by Crippen LogP contribution is 2.14. The van der Waals surface area contributed by atoms with Crippen LogP contribution in [-0.2, 0) is 11.2 Å². The first-order valence-corrected chi connectivity index (χ1v) is 4.67. The van der Waals surface area contributed by atoms with Crippen molar-refractivity contribution in [2.45, 2.75) is 6.42 Å². The van der Waals surface area contributed by atoms with Crippen molar-refractivity contribution in [3.63, 3.8) is 0 Å². The smallest absolute Gasteiger partial charge is 0.311 e. The Kier molecular flexibility index (Phi) is 4.23. The molecule has 2 aromatic rings. The molecule has 0 atom stereocenters. The van der Waals surface area contributed by atoms with Crippen LogP contribution in [0, 0.1) is 5.82 Å². The molecule has 0 unspecified atom stereocenters. The highest BCUT2D eigenvalue weighted by Gasteiger charge is 2.11. The molecule has 0 radical (unpaired) electrons. The van der Waals surface area contributed by atoms with E-state index in [0.717, 1.165) is 0 Å². The second kappa shape index (κ2) is 5.45. The van der Waals surface area contributed by atoms with Gasteiger partial charge in [-0.3, -0.25) is 4.79 Å². The molecule has 0 aliphatic rings. The fourth-order valence-electron chi connectivity index (χ4n) is 1.47. The minimum absolute atomic E-state index is 0. The van der Waals surface area contributed by atoms with Gasteiger partial charge in [0, 0.05) is 12.4 Å². The highest BCUT2D eigenvalue weighted by atomic mass is 35.5. The standard InChI is InChI=1S/C11H9FN2O2.ClH/c12-8-3-1-2-4-9(8)14-6-5-13-10(14)7-11(15)16;/h1-6H,7H2,(H,15,16);1H. The summed E-state index contributed by atoms with van der Waals surface area (Å²) in [7, 11) is 0. The molecule has 0 bridgehead atoms. The van der Waals surface area contributed by atoms with Gasteiger partial charge in [-0.1, -0.05) is 12.1 Å². The predicted octanol–water partition coefficient (Wildman–Crippen LogP) is 2.06. The van der Waals surface area contributed by atoms with Gasteiger partial charge in [0.15, 0.2) is 0 Å². The van der Waals surface area contributed by atoms with Crippen molar-refractivity contribution in [3.05, 3.63) is 48.3 Å². The number of hydrogen-bond donors (Lipinski definition) is 1. The lowest BCUT2D eigenvalue weighted by Gasteiger charge is -2.06. The first kappa shape index (κ1) is 13.2. The lowest BCUT2D eigenvalue weighted by molar-refractivity contribution is -0.136. The summed E-state index contributed by atoms with van der Waals surface area (Å²) in [4.78, 5) is 14.5. The van der Waals surface area contributed by atoms with E-state index in [9.17, 15) is 9.18 Å². The summed E-state index contributed by atoms with van der Waals surface area (Å²) in [5.41, 5.74) is 0.302. The van der Waals surface area contributed by atoms with Crippen molar-refractivity contribution in [2.24, 2.45) is 0 Å². The Hall–Kier alpha value is -1.88. The van der Waals surface area contributed by atoms with Crippen LogP contribution in [0.25, 0.3) is 5.69 Å². The van der Waals surface area contributed by atoms with Crippen molar-refractivity contribution in [1.29, 1.82) is 0 Å². The van der Waals surface area contributed by atoms with E-state index in [1.165, 1.54) is 23.0 Å². The van der Waals surface area contributed by atoms with Gasteiger partial charge in [0.05, 0.1) is 5.69 Å². The van der Waals surface area contributed by atoms with Crippen LogP contribution in [0.4, 0.5) is 4.39 Å². The number of imidazole rings is 1. The van der Waals surface area contributed by atoms with Crippen molar-refractivity contribution >= 4 is 18.4 Å². The zero-order valence-corrected chi connectivity index (χ0v) is 9.52. The second-order valence-corrected chi connectivity index (χ2v) is 3.24. The van der Waals surface area contributed by atoms with Gasteiger partial charge < -0.3 is 9.67 Å². The first-order valence-electron chi connectivity index (χ1n) is 4.67. The molecule has 1 heterocycles. The molecule has 2 rings (SSSR count). The number of hydrogen-bond acceptors (Lipinski definition) is 2. The SMILES string of the molecule is Cl.O=C(O)Cc1nccn1-c1ccccc1F. The third-order valence-corrected chi connectivity index (χ3v) is 2.14. The van der Waals surface area contributed by atoms with Crippen LogP contribution in [0.3, 0.4) is 0 Å². The van der Waals surface area contributed by atoms with E-state index >= 15 is 0 Å². The molecule has 0 saturated carbocycles. The lowest BCUT2D eigenvalue weighted by atomic mass is 10.3. The number of benzene rings is 1. The zero-order chi connectivity index (χ0) is 11.5. The fraction of sp³-hybridized carbons (Fsp3) is 0.0909. The average Bonchev–Trinajstić information content (AvgIpc) is 2.66. The maximum atomic E-state index is 13.5. The number of carbonyl (C=O) groups is 1. The van der Waals surface area contributed by atoms with Gasteiger partial charge in [0.2, 0.25) is 0 Å². The Morgan fingerprint density at radius 2 is 2.12 bits per heavy atom. The van der Waals surface area contributed by atoms with Gasteiger partial charge >= 0.3 is 5.97 Å². The lowest BCUT2D eigenvalue weighted by Crippen LogP contribution is -2.08. The maximum absolute atomic E-state index is 13.5. The summed E-state index contributed by atoms with van der Waals surface area (Å²) in [5.74, 6) is -1.10. The maximum Gasteiger partial charge on any atom is 0.311 e. The molecule has 6 heteroatoms. The minimum atomic E-state index is -0.996. The molecule has 1 aromatic heterocycles. The molecule has 0 fully saturated rings. The molecule has 4 nitrogen and oxygen atoms in total. The van der Waals surface area contributed by atoms with Crippen LogP contribution < -0.4 is 0 Å². The monoisotopic (exact) mass is 256 g/mol. The van der Waals surface area contributed by atoms with E-state index in [1.807, 2.05) is 0 Å². The van der Waals surface area contributed by atoms with E-state index in [1.54, 1.807) is 18.2 Å². The van der Waals surface area contributed by atoms with E-state index in [2.05, 4.69) is 4.98 Å². The van der Waals surface area contributed by atoms with Gasteiger partial charge in [0.1, 0.15) is 18.1 Å². The van der Waals surface area contributed by atoms with Crippen LogP contribution >= 0.6 is 12.4 Å². The van der Waals surface area contributed by atoms with E-state index < -0.39 is 11.8 Å². The number of halogens is 2. The molecule has 17 heavy (non-hydrogen) atoms. The van der Waals surface area contributed by atoms with Crippen LogP contribution in [-0.4, -0.2) is 20.6 Å². The number of carboxylic acid groups (broad SMARTS) is 1. The number of nitrogens with zero attached hydrogens (tertiary/aromatic N) is 2. The normalized spacial score (nSPS) is 9.71. The molecule has 0 saturated heterocycles. The Morgan fingerprint density at radius 3 is 2.76 bits per heavy atom. The van der Waals surface area contributed by atoms with Crippen LogP contribution in [0.15, 0.2) is 36.7 Å². The molecule has 0 aliphatic carbocycles. The van der Waals surface area contributed by atoms with Crippen molar-refractivity contribution < 1.29 is 14.3 Å². The number of aromatic nitrogens is 2. The van der Waals surface area contributed by atoms with Crippen molar-refractivity contribution in [1.82, 2.24) is 9.55 Å². The third kappa shape index (κ3) is 2.82. The molecule has 0 aliphatic heterocycles. The second-order valence-electron chi connectivity index (χ2n) is 3.24. The van der Waals surface area contributed by atoms with E-state index in [-0.39, 0.29) is 18.8 Å². The Morgan fingerprint density at radius 1 is 1.41 bits per heavy atom. The Labute approximate surface area is 103 Å². The zero-order valence-electron chi connectivity index (χ0n) is 8.71. The minimum Gasteiger partial charge on any atom is -0.481 e. The van der Waals surface area contributed by atoms with Gasteiger partial charge in [-0.2, -0.15) is 0 Å². The van der Waals surface area contributed by atoms with Crippen molar-refractivity contribution in [2.75, 3.05) is 0 Å². The quantitative estimate of drug-likeness (QED) is 0.915. The topological polar surface area (TPSA) is 55.1 Å². The molecular formula is C11H10ClFN2O2. The summed E-state index contributed by atoms with van der Waals surface area (Å²) < 4.78 is 14.9. The van der Waals surface area contributed by atoms with Gasteiger partial charge in [-0.05, 0) is 12.1 Å². The summed E-state index contributed by atoms with van der Waals surface area (Å²) >= 11 is 0. The average molecular weight is 257 g/mol. The molecule has 1 N–H and O–H groups in total. The van der Waals surface area contributed by atoms with E-state index in [0.29, 0.717) is 11.5 Å². The number of aliphatic carboxylic acids is 1. The molecule has 0 spiro atoms. The fourth-order valence-corrected chi connectivity index (χ4v) is 1.47. The van der Waals surface area contributed by atoms with Crippen LogP contribution in [0.1, 0.15) is 5.82 Å². The first-order chi connectivity index (χ1) is 7.68. The summed E-state index contributed by atoms with van der Waals surface area (Å²) in [6.45, 7) is 0. The number of rotatable bonds is 3. The molecule has 90 valence electrons. The highest BCUT2D eigenvalue weighted by molar-refractivity contribution is 5.85. The largest absolute Gasteiger partial charge is 0.481 e. The molecular weight excluding hydrogens is 247 g/mol. The summed E-state index contributed by atoms with van der Waals surface area (Å²) in [6, 6.07) is 6.15.